The molecule has 0 spiro atoms. The number of aryl methyl sites for hydroxylation is 1. The van der Waals surface area contributed by atoms with E-state index in [0.29, 0.717) is 19.8 Å². The van der Waals surface area contributed by atoms with Crippen LogP contribution in [0.4, 0.5) is 18.9 Å². The summed E-state index contributed by atoms with van der Waals surface area (Å²) in [5.74, 6) is -2.84. The Morgan fingerprint density at radius 3 is 2.59 bits per heavy atom. The number of fused-ring (bicyclic) bond motifs is 1. The van der Waals surface area contributed by atoms with Gasteiger partial charge in [-0.25, -0.2) is 4.79 Å². The smallest absolute Gasteiger partial charge is 0.475 e. The number of alkyl halides is 3. The fourth-order valence-corrected chi connectivity index (χ4v) is 2.29. The van der Waals surface area contributed by atoms with E-state index in [0.717, 1.165) is 22.3 Å². The molecule has 1 amide bonds. The first-order valence-electron chi connectivity index (χ1n) is 7.97. The predicted octanol–water partition coefficient (Wildman–Crippen LogP) is 2.10. The van der Waals surface area contributed by atoms with Gasteiger partial charge < -0.3 is 20.5 Å². The van der Waals surface area contributed by atoms with Gasteiger partial charge in [0.15, 0.2) is 0 Å². The van der Waals surface area contributed by atoms with Gasteiger partial charge in [0.2, 0.25) is 5.91 Å². The van der Waals surface area contributed by atoms with Crippen molar-refractivity contribution in [3.63, 3.8) is 0 Å². The quantitative estimate of drug-likeness (QED) is 0.732. The lowest BCUT2D eigenvalue weighted by Gasteiger charge is -2.23. The van der Waals surface area contributed by atoms with Gasteiger partial charge in [-0.05, 0) is 19.1 Å². The molecule has 7 nitrogen and oxygen atoms in total. The highest BCUT2D eigenvalue weighted by molar-refractivity contribution is 5.97. The zero-order chi connectivity index (χ0) is 20.0. The van der Waals surface area contributed by atoms with Gasteiger partial charge in [0.25, 0.3) is 0 Å². The van der Waals surface area contributed by atoms with Gasteiger partial charge in [0, 0.05) is 11.9 Å². The number of benzene rings is 1. The fraction of sp³-hybridized carbons (Fsp3) is 0.353. The van der Waals surface area contributed by atoms with Crippen molar-refractivity contribution in [1.29, 1.82) is 0 Å². The summed E-state index contributed by atoms with van der Waals surface area (Å²) < 4.78 is 37.0. The maximum absolute atomic E-state index is 12.2. The Bertz CT molecular complexity index is 821. The summed E-state index contributed by atoms with van der Waals surface area (Å²) in [6.07, 6.45) is -5.08. The third-order valence-electron chi connectivity index (χ3n) is 3.65. The van der Waals surface area contributed by atoms with Crippen molar-refractivity contribution in [2.24, 2.45) is 0 Å². The second-order valence-electron chi connectivity index (χ2n) is 5.69. The molecule has 1 atom stereocenters. The number of carboxylic acid groups (broad SMARTS) is 1. The van der Waals surface area contributed by atoms with Gasteiger partial charge in [0.05, 0.1) is 30.1 Å². The van der Waals surface area contributed by atoms with E-state index in [2.05, 4.69) is 15.6 Å². The number of carboxylic acids is 1. The topological polar surface area (TPSA) is 101 Å². The molecule has 146 valence electrons. The van der Waals surface area contributed by atoms with Gasteiger partial charge in [-0.1, -0.05) is 18.2 Å². The highest BCUT2D eigenvalue weighted by atomic mass is 19.4. The zero-order valence-corrected chi connectivity index (χ0v) is 14.3. The molecule has 1 aromatic heterocycles. The van der Waals surface area contributed by atoms with Crippen molar-refractivity contribution in [3.05, 3.63) is 36.0 Å². The number of hydrogen-bond acceptors (Lipinski definition) is 5. The van der Waals surface area contributed by atoms with Crippen LogP contribution in [0.3, 0.4) is 0 Å². The van der Waals surface area contributed by atoms with Crippen molar-refractivity contribution in [3.8, 4) is 0 Å². The van der Waals surface area contributed by atoms with E-state index in [1.54, 1.807) is 0 Å². The number of aromatic nitrogens is 1. The van der Waals surface area contributed by atoms with Crippen LogP contribution in [-0.2, 0) is 14.3 Å². The number of aliphatic carboxylic acids is 1. The van der Waals surface area contributed by atoms with Gasteiger partial charge in [0.1, 0.15) is 6.04 Å². The van der Waals surface area contributed by atoms with Crippen LogP contribution in [0.25, 0.3) is 10.9 Å². The molecule has 27 heavy (non-hydrogen) atoms. The number of halogens is 3. The van der Waals surface area contributed by atoms with Gasteiger partial charge in [-0.2, -0.15) is 13.2 Å². The number of morpholine rings is 1. The number of nitrogens with zero attached hydrogens (tertiary/aromatic N) is 1. The van der Waals surface area contributed by atoms with E-state index >= 15 is 0 Å². The fourth-order valence-electron chi connectivity index (χ4n) is 2.29. The molecule has 3 N–H and O–H groups in total. The van der Waals surface area contributed by atoms with E-state index < -0.39 is 12.1 Å². The highest BCUT2D eigenvalue weighted by Gasteiger charge is 2.38. The van der Waals surface area contributed by atoms with Crippen molar-refractivity contribution in [1.82, 2.24) is 10.3 Å². The molecule has 1 fully saturated rings. The Morgan fingerprint density at radius 2 is 2.00 bits per heavy atom. The second-order valence-corrected chi connectivity index (χ2v) is 5.69. The van der Waals surface area contributed by atoms with Crippen molar-refractivity contribution in [2.75, 3.05) is 25.1 Å². The zero-order valence-electron chi connectivity index (χ0n) is 14.3. The van der Waals surface area contributed by atoms with Crippen LogP contribution in [0.5, 0.6) is 0 Å². The molecule has 1 aliphatic heterocycles. The maximum Gasteiger partial charge on any atom is 0.490 e. The number of carbonyl (C=O) groups is 2. The first-order chi connectivity index (χ1) is 12.7. The Labute approximate surface area is 152 Å². The average molecular weight is 385 g/mol. The van der Waals surface area contributed by atoms with Crippen LogP contribution < -0.4 is 10.6 Å². The van der Waals surface area contributed by atoms with E-state index in [4.69, 9.17) is 14.6 Å². The second kappa shape index (κ2) is 8.78. The molecule has 1 aliphatic rings. The van der Waals surface area contributed by atoms with Crippen LogP contribution >= 0.6 is 0 Å². The highest BCUT2D eigenvalue weighted by Crippen LogP contribution is 2.20. The lowest BCUT2D eigenvalue weighted by atomic mass is 10.1. The SMILES string of the molecule is Cc1nc2ccccc2cc1NC(=O)C1COCCN1.O=C(O)C(F)(F)F. The van der Waals surface area contributed by atoms with E-state index in [1.807, 2.05) is 37.3 Å². The molecular formula is C17H18F3N3O4. The Kier molecular flexibility index (Phi) is 6.70. The summed E-state index contributed by atoms with van der Waals surface area (Å²) in [6, 6.07) is 9.52. The Hall–Kier alpha value is -2.72. The molecule has 3 rings (SSSR count). The molecule has 1 unspecified atom stereocenters. The van der Waals surface area contributed by atoms with Crippen LogP contribution in [0, 0.1) is 6.92 Å². The number of pyridine rings is 1. The average Bonchev–Trinajstić information content (AvgIpc) is 2.62. The van der Waals surface area contributed by atoms with E-state index in [1.165, 1.54) is 0 Å². The number of para-hydroxylation sites is 1. The minimum atomic E-state index is -5.08. The lowest BCUT2D eigenvalue weighted by molar-refractivity contribution is -0.192. The third-order valence-corrected chi connectivity index (χ3v) is 3.65. The van der Waals surface area contributed by atoms with Crippen LogP contribution in [-0.4, -0.2) is 53.9 Å². The summed E-state index contributed by atoms with van der Waals surface area (Å²) in [4.78, 5) is 25.6. The standard InChI is InChI=1S/C15H17N3O2.C2HF3O2/c1-10-13(8-11-4-2-3-5-12(11)17-10)18-15(19)14-9-20-7-6-16-14;3-2(4,5)1(6)7/h2-5,8,14,16H,6-7,9H2,1H3,(H,18,19);(H,6,7). The van der Waals surface area contributed by atoms with E-state index in [9.17, 15) is 18.0 Å². The summed E-state index contributed by atoms with van der Waals surface area (Å²) >= 11 is 0. The summed E-state index contributed by atoms with van der Waals surface area (Å²) in [7, 11) is 0. The van der Waals surface area contributed by atoms with E-state index in [-0.39, 0.29) is 11.9 Å². The molecule has 10 heteroatoms. The summed E-state index contributed by atoms with van der Waals surface area (Å²) in [5, 5.41) is 14.2. The molecule has 1 aromatic carbocycles. The van der Waals surface area contributed by atoms with Crippen molar-refractivity contribution >= 4 is 28.5 Å². The van der Waals surface area contributed by atoms with Crippen LogP contribution in [0.2, 0.25) is 0 Å². The predicted molar refractivity (Wildman–Crippen MR) is 91.4 cm³/mol. The number of hydrogen-bond donors (Lipinski definition) is 3. The van der Waals surface area contributed by atoms with Crippen molar-refractivity contribution in [2.45, 2.75) is 19.1 Å². The number of carbonyl (C=O) groups excluding carboxylic acids is 1. The summed E-state index contributed by atoms with van der Waals surface area (Å²) in [6.45, 7) is 3.66. The third kappa shape index (κ3) is 5.90. The molecule has 2 heterocycles. The molecule has 0 bridgehead atoms. The van der Waals surface area contributed by atoms with Gasteiger partial charge in [-0.3, -0.25) is 9.78 Å². The largest absolute Gasteiger partial charge is 0.490 e. The monoisotopic (exact) mass is 385 g/mol. The molecule has 0 radical (unpaired) electrons. The molecular weight excluding hydrogens is 367 g/mol. The number of ether oxygens (including phenoxy) is 1. The normalized spacial score (nSPS) is 17.0. The minimum Gasteiger partial charge on any atom is -0.475 e. The maximum atomic E-state index is 12.2. The van der Waals surface area contributed by atoms with Gasteiger partial charge >= 0.3 is 12.1 Å². The first kappa shape index (κ1) is 20.6. The Balaban J connectivity index is 0.000000321. The number of amides is 1. The van der Waals surface area contributed by atoms with Crippen molar-refractivity contribution < 1.29 is 32.6 Å². The summed E-state index contributed by atoms with van der Waals surface area (Å²) in [5.41, 5.74) is 2.50. The first-order valence-corrected chi connectivity index (χ1v) is 7.97. The Morgan fingerprint density at radius 1 is 1.33 bits per heavy atom. The molecule has 1 saturated heterocycles. The van der Waals surface area contributed by atoms with Gasteiger partial charge in [-0.15, -0.1) is 0 Å². The molecule has 0 saturated carbocycles. The molecule has 0 aliphatic carbocycles. The molecule has 2 aromatic rings. The number of anilines is 1. The lowest BCUT2D eigenvalue weighted by Crippen LogP contribution is -2.48. The minimum absolute atomic E-state index is 0.0788. The number of rotatable bonds is 2. The van der Waals surface area contributed by atoms with Crippen LogP contribution in [0.1, 0.15) is 5.69 Å². The number of nitrogens with one attached hydrogen (secondary N) is 2. The van der Waals surface area contributed by atoms with Crippen LogP contribution in [0.15, 0.2) is 30.3 Å².